The van der Waals surface area contributed by atoms with Crippen LogP contribution in [0.3, 0.4) is 0 Å². The molecular weight excluding hydrogens is 270 g/mol. The molecule has 5 heteroatoms. The molecule has 1 saturated heterocycles. The van der Waals surface area contributed by atoms with Crippen LogP contribution in [-0.4, -0.2) is 29.7 Å². The number of aliphatic carboxylic acids is 1. The predicted octanol–water partition coefficient (Wildman–Crippen LogP) is 2.54. The first kappa shape index (κ1) is 15.3. The van der Waals surface area contributed by atoms with Crippen LogP contribution >= 0.6 is 0 Å². The van der Waals surface area contributed by atoms with Crippen LogP contribution in [0.15, 0.2) is 30.3 Å². The highest BCUT2D eigenvalue weighted by Gasteiger charge is 2.32. The summed E-state index contributed by atoms with van der Waals surface area (Å²) in [6.07, 6.45) is 4.17. The van der Waals surface area contributed by atoms with Crippen LogP contribution in [0.5, 0.6) is 0 Å². The normalized spacial score (nSPS) is 21.6. The van der Waals surface area contributed by atoms with Gasteiger partial charge in [-0.1, -0.05) is 19.1 Å². The summed E-state index contributed by atoms with van der Waals surface area (Å²) in [5.74, 6) is -1.10. The summed E-state index contributed by atoms with van der Waals surface area (Å²) in [4.78, 5) is 22.6. The summed E-state index contributed by atoms with van der Waals surface area (Å²) >= 11 is 0. The van der Waals surface area contributed by atoms with Gasteiger partial charge in [-0.15, -0.1) is 0 Å². The van der Waals surface area contributed by atoms with Crippen LogP contribution in [0.4, 0.5) is 5.69 Å². The number of carbonyl (C=O) groups is 2. The number of carbonyl (C=O) groups excluding carboxylic acids is 1. The van der Waals surface area contributed by atoms with Gasteiger partial charge in [0.1, 0.15) is 0 Å². The lowest BCUT2D eigenvalue weighted by molar-refractivity contribution is -0.131. The molecule has 2 atom stereocenters. The smallest absolute Gasteiger partial charge is 0.328 e. The van der Waals surface area contributed by atoms with Crippen LogP contribution in [0, 0.1) is 5.92 Å². The van der Waals surface area contributed by atoms with Crippen LogP contribution in [0.2, 0.25) is 0 Å². The number of carboxylic acids is 1. The van der Waals surface area contributed by atoms with E-state index < -0.39 is 5.97 Å². The molecule has 1 amide bonds. The predicted molar refractivity (Wildman–Crippen MR) is 79.9 cm³/mol. The molecule has 1 aliphatic heterocycles. The van der Waals surface area contributed by atoms with Gasteiger partial charge in [-0.3, -0.25) is 4.79 Å². The van der Waals surface area contributed by atoms with E-state index in [1.54, 1.807) is 24.3 Å². The van der Waals surface area contributed by atoms with Crippen LogP contribution in [0.25, 0.3) is 6.08 Å². The number of hydrogen-bond acceptors (Lipinski definition) is 3. The first-order valence-corrected chi connectivity index (χ1v) is 7.03. The van der Waals surface area contributed by atoms with Crippen LogP contribution in [-0.2, 0) is 14.3 Å². The number of nitrogens with one attached hydrogen (secondary N) is 1. The van der Waals surface area contributed by atoms with Gasteiger partial charge in [0.25, 0.3) is 0 Å². The number of ether oxygens (including phenoxy) is 1. The third-order valence-corrected chi connectivity index (χ3v) is 3.55. The minimum Gasteiger partial charge on any atom is -0.478 e. The lowest BCUT2D eigenvalue weighted by Crippen LogP contribution is -2.29. The quantitative estimate of drug-likeness (QED) is 0.817. The number of rotatable bonds is 5. The zero-order valence-corrected chi connectivity index (χ0v) is 11.9. The molecule has 112 valence electrons. The molecule has 0 aromatic heterocycles. The van der Waals surface area contributed by atoms with Crippen molar-refractivity contribution in [2.24, 2.45) is 5.92 Å². The molecule has 21 heavy (non-hydrogen) atoms. The van der Waals surface area contributed by atoms with E-state index in [2.05, 4.69) is 5.32 Å². The number of hydrogen-bond donors (Lipinski definition) is 2. The standard InChI is InChI=1S/C16H19NO4/c1-2-14-13(9-10-21-14)16(20)17-12-6-3-11(4-7-12)5-8-15(18)19/h3-8,13-14H,2,9-10H2,1H3,(H,17,20)(H,18,19)/b8-5+. The zero-order chi connectivity index (χ0) is 15.2. The molecule has 0 bridgehead atoms. The van der Waals surface area contributed by atoms with Crippen molar-refractivity contribution in [1.82, 2.24) is 0 Å². The summed E-state index contributed by atoms with van der Waals surface area (Å²) in [5.41, 5.74) is 1.47. The molecule has 0 spiro atoms. The molecule has 2 rings (SSSR count). The molecule has 0 radical (unpaired) electrons. The van der Waals surface area contributed by atoms with Gasteiger partial charge in [0.05, 0.1) is 12.0 Å². The van der Waals surface area contributed by atoms with Gasteiger partial charge in [0, 0.05) is 18.4 Å². The topological polar surface area (TPSA) is 75.6 Å². The number of carboxylic acid groups (broad SMARTS) is 1. The fraction of sp³-hybridized carbons (Fsp3) is 0.375. The maximum absolute atomic E-state index is 12.2. The lowest BCUT2D eigenvalue weighted by Gasteiger charge is -2.16. The zero-order valence-electron chi connectivity index (χ0n) is 11.9. The highest BCUT2D eigenvalue weighted by atomic mass is 16.5. The van der Waals surface area contributed by atoms with Crippen molar-refractivity contribution in [2.45, 2.75) is 25.9 Å². The Morgan fingerprint density at radius 2 is 2.10 bits per heavy atom. The molecule has 0 aliphatic carbocycles. The summed E-state index contributed by atoms with van der Waals surface area (Å²) in [5, 5.41) is 11.4. The molecule has 1 aromatic rings. The molecule has 1 fully saturated rings. The lowest BCUT2D eigenvalue weighted by atomic mass is 9.98. The second-order valence-electron chi connectivity index (χ2n) is 5.00. The van der Waals surface area contributed by atoms with E-state index in [0.717, 1.165) is 24.5 Å². The Morgan fingerprint density at radius 3 is 2.71 bits per heavy atom. The Bertz CT molecular complexity index is 536. The Morgan fingerprint density at radius 1 is 1.38 bits per heavy atom. The minimum atomic E-state index is -0.987. The van der Waals surface area contributed by atoms with E-state index in [1.807, 2.05) is 6.92 Å². The van der Waals surface area contributed by atoms with Crippen molar-refractivity contribution in [1.29, 1.82) is 0 Å². The Kier molecular flexibility index (Phi) is 5.11. The van der Waals surface area contributed by atoms with E-state index in [9.17, 15) is 9.59 Å². The van der Waals surface area contributed by atoms with Crippen molar-refractivity contribution in [3.05, 3.63) is 35.9 Å². The van der Waals surface area contributed by atoms with Crippen molar-refractivity contribution in [3.63, 3.8) is 0 Å². The van der Waals surface area contributed by atoms with Gasteiger partial charge < -0.3 is 15.2 Å². The third kappa shape index (κ3) is 4.16. The highest BCUT2D eigenvalue weighted by Crippen LogP contribution is 2.25. The van der Waals surface area contributed by atoms with Gasteiger partial charge in [-0.25, -0.2) is 4.79 Å². The van der Waals surface area contributed by atoms with Crippen LogP contribution in [0.1, 0.15) is 25.3 Å². The maximum atomic E-state index is 12.2. The first-order chi connectivity index (χ1) is 10.1. The fourth-order valence-electron chi connectivity index (χ4n) is 2.43. The van der Waals surface area contributed by atoms with Crippen molar-refractivity contribution in [2.75, 3.05) is 11.9 Å². The highest BCUT2D eigenvalue weighted by molar-refractivity contribution is 5.93. The first-order valence-electron chi connectivity index (χ1n) is 7.03. The molecular formula is C16H19NO4. The van der Waals surface area contributed by atoms with Gasteiger partial charge in [-0.05, 0) is 36.6 Å². The maximum Gasteiger partial charge on any atom is 0.328 e. The second-order valence-corrected chi connectivity index (χ2v) is 5.00. The number of anilines is 1. The van der Waals surface area contributed by atoms with Crippen molar-refractivity contribution in [3.8, 4) is 0 Å². The Hall–Kier alpha value is -2.14. The van der Waals surface area contributed by atoms with E-state index in [4.69, 9.17) is 9.84 Å². The molecule has 1 heterocycles. The van der Waals surface area contributed by atoms with Crippen molar-refractivity contribution < 1.29 is 19.4 Å². The third-order valence-electron chi connectivity index (χ3n) is 3.55. The van der Waals surface area contributed by atoms with Gasteiger partial charge in [0.15, 0.2) is 0 Å². The average Bonchev–Trinajstić information content (AvgIpc) is 2.95. The van der Waals surface area contributed by atoms with Gasteiger partial charge in [-0.2, -0.15) is 0 Å². The molecule has 0 saturated carbocycles. The van der Waals surface area contributed by atoms with E-state index in [1.165, 1.54) is 6.08 Å². The van der Waals surface area contributed by atoms with Crippen molar-refractivity contribution >= 4 is 23.6 Å². The molecule has 2 N–H and O–H groups in total. The Labute approximate surface area is 123 Å². The van der Waals surface area contributed by atoms with Gasteiger partial charge in [0.2, 0.25) is 5.91 Å². The largest absolute Gasteiger partial charge is 0.478 e. The molecule has 1 aliphatic rings. The summed E-state index contributed by atoms with van der Waals surface area (Å²) in [6.45, 7) is 2.65. The summed E-state index contributed by atoms with van der Waals surface area (Å²) in [7, 11) is 0. The van der Waals surface area contributed by atoms with E-state index in [0.29, 0.717) is 12.3 Å². The van der Waals surface area contributed by atoms with E-state index >= 15 is 0 Å². The summed E-state index contributed by atoms with van der Waals surface area (Å²) < 4.78 is 5.52. The molecule has 5 nitrogen and oxygen atoms in total. The van der Waals surface area contributed by atoms with Gasteiger partial charge >= 0.3 is 5.97 Å². The number of amides is 1. The second kappa shape index (κ2) is 7.04. The fourth-order valence-corrected chi connectivity index (χ4v) is 2.43. The van der Waals surface area contributed by atoms with E-state index in [-0.39, 0.29) is 17.9 Å². The number of benzene rings is 1. The average molecular weight is 289 g/mol. The monoisotopic (exact) mass is 289 g/mol. The van der Waals surface area contributed by atoms with Crippen LogP contribution < -0.4 is 5.32 Å². The minimum absolute atomic E-state index is 0.00257. The summed E-state index contributed by atoms with van der Waals surface area (Å²) in [6, 6.07) is 7.04. The molecule has 2 unspecified atom stereocenters. The molecule has 1 aromatic carbocycles. The SMILES string of the molecule is CCC1OCCC1C(=O)Nc1ccc(/C=C/C(=O)O)cc1. The Balaban J connectivity index is 1.97.